The van der Waals surface area contributed by atoms with Gasteiger partial charge in [-0.15, -0.1) is 0 Å². The SMILES string of the molecule is COCC(C)(C)NCC(=O)NCC1CC1. The average Bonchev–Trinajstić information content (AvgIpc) is 2.95. The summed E-state index contributed by atoms with van der Waals surface area (Å²) in [5.41, 5.74) is -0.147. The second-order valence-electron chi connectivity index (χ2n) is 4.92. The van der Waals surface area contributed by atoms with Gasteiger partial charge < -0.3 is 15.4 Å². The van der Waals surface area contributed by atoms with Crippen molar-refractivity contribution in [2.24, 2.45) is 5.92 Å². The van der Waals surface area contributed by atoms with Crippen LogP contribution in [-0.4, -0.2) is 38.3 Å². The molecule has 0 saturated heterocycles. The van der Waals surface area contributed by atoms with E-state index < -0.39 is 0 Å². The molecule has 1 saturated carbocycles. The number of nitrogens with one attached hydrogen (secondary N) is 2. The first-order chi connectivity index (χ1) is 7.03. The molecule has 1 fully saturated rings. The highest BCUT2D eigenvalue weighted by Crippen LogP contribution is 2.27. The fraction of sp³-hybridized carbons (Fsp3) is 0.909. The summed E-state index contributed by atoms with van der Waals surface area (Å²) in [6, 6.07) is 0. The summed E-state index contributed by atoms with van der Waals surface area (Å²) in [7, 11) is 1.66. The molecule has 0 radical (unpaired) electrons. The van der Waals surface area contributed by atoms with Crippen molar-refractivity contribution in [2.45, 2.75) is 32.2 Å². The number of carbonyl (C=O) groups is 1. The van der Waals surface area contributed by atoms with Crippen LogP contribution in [0.25, 0.3) is 0 Å². The van der Waals surface area contributed by atoms with Gasteiger partial charge in [0.1, 0.15) is 0 Å². The van der Waals surface area contributed by atoms with Gasteiger partial charge in [-0.05, 0) is 32.6 Å². The molecule has 1 amide bonds. The van der Waals surface area contributed by atoms with Crippen LogP contribution in [0.3, 0.4) is 0 Å². The second-order valence-corrected chi connectivity index (χ2v) is 4.92. The number of carbonyl (C=O) groups excluding carboxylic acids is 1. The molecule has 0 atom stereocenters. The monoisotopic (exact) mass is 214 g/mol. The van der Waals surface area contributed by atoms with E-state index in [1.807, 2.05) is 13.8 Å². The predicted molar refractivity (Wildman–Crippen MR) is 59.7 cm³/mol. The van der Waals surface area contributed by atoms with E-state index in [1.165, 1.54) is 12.8 Å². The van der Waals surface area contributed by atoms with Crippen LogP contribution in [0.4, 0.5) is 0 Å². The lowest BCUT2D eigenvalue weighted by molar-refractivity contribution is -0.120. The average molecular weight is 214 g/mol. The van der Waals surface area contributed by atoms with Crippen molar-refractivity contribution < 1.29 is 9.53 Å². The Labute approximate surface area is 91.8 Å². The van der Waals surface area contributed by atoms with Gasteiger partial charge in [-0.1, -0.05) is 0 Å². The molecular formula is C11H22N2O2. The molecule has 4 nitrogen and oxygen atoms in total. The first-order valence-corrected chi connectivity index (χ1v) is 5.54. The van der Waals surface area contributed by atoms with Crippen LogP contribution in [0.2, 0.25) is 0 Å². The van der Waals surface area contributed by atoms with Crippen molar-refractivity contribution in [3.8, 4) is 0 Å². The van der Waals surface area contributed by atoms with Crippen LogP contribution in [0.5, 0.6) is 0 Å². The molecule has 0 bridgehead atoms. The molecule has 15 heavy (non-hydrogen) atoms. The van der Waals surface area contributed by atoms with Gasteiger partial charge in [0.05, 0.1) is 13.2 Å². The number of rotatable bonds is 7. The minimum Gasteiger partial charge on any atom is -0.383 e. The Morgan fingerprint density at radius 1 is 1.47 bits per heavy atom. The summed E-state index contributed by atoms with van der Waals surface area (Å²) in [4.78, 5) is 11.4. The van der Waals surface area contributed by atoms with Gasteiger partial charge in [0, 0.05) is 19.2 Å². The standard InChI is InChI=1S/C11H22N2O2/c1-11(2,8-15-3)13-7-10(14)12-6-9-4-5-9/h9,13H,4-8H2,1-3H3,(H,12,14). The molecule has 1 aliphatic rings. The molecule has 0 unspecified atom stereocenters. The Kier molecular flexibility index (Phi) is 4.54. The van der Waals surface area contributed by atoms with E-state index in [-0.39, 0.29) is 11.4 Å². The van der Waals surface area contributed by atoms with Gasteiger partial charge in [0.15, 0.2) is 0 Å². The predicted octanol–water partition coefficient (Wildman–Crippen LogP) is 0.527. The Balaban J connectivity index is 2.08. The maximum absolute atomic E-state index is 11.4. The molecule has 1 rings (SSSR count). The summed E-state index contributed by atoms with van der Waals surface area (Å²) in [5.74, 6) is 0.812. The van der Waals surface area contributed by atoms with Crippen molar-refractivity contribution in [1.29, 1.82) is 0 Å². The molecule has 88 valence electrons. The topological polar surface area (TPSA) is 50.4 Å². The third kappa shape index (κ3) is 5.74. The van der Waals surface area contributed by atoms with Gasteiger partial charge in [0.25, 0.3) is 0 Å². The van der Waals surface area contributed by atoms with Gasteiger partial charge in [-0.3, -0.25) is 4.79 Å². The molecule has 0 spiro atoms. The highest BCUT2D eigenvalue weighted by atomic mass is 16.5. The van der Waals surface area contributed by atoms with Crippen LogP contribution in [0.1, 0.15) is 26.7 Å². The van der Waals surface area contributed by atoms with E-state index >= 15 is 0 Å². The van der Waals surface area contributed by atoms with Crippen molar-refractivity contribution in [3.05, 3.63) is 0 Å². The molecule has 0 heterocycles. The van der Waals surface area contributed by atoms with E-state index in [0.29, 0.717) is 13.2 Å². The van der Waals surface area contributed by atoms with Crippen LogP contribution in [0, 0.1) is 5.92 Å². The fourth-order valence-electron chi connectivity index (χ4n) is 1.37. The number of hydrogen-bond acceptors (Lipinski definition) is 3. The number of ether oxygens (including phenoxy) is 1. The number of hydrogen-bond donors (Lipinski definition) is 2. The lowest BCUT2D eigenvalue weighted by Gasteiger charge is -2.24. The Morgan fingerprint density at radius 3 is 2.67 bits per heavy atom. The van der Waals surface area contributed by atoms with Gasteiger partial charge in [-0.2, -0.15) is 0 Å². The lowest BCUT2D eigenvalue weighted by Crippen LogP contribution is -2.48. The smallest absolute Gasteiger partial charge is 0.233 e. The zero-order valence-corrected chi connectivity index (χ0v) is 9.93. The molecule has 0 aromatic rings. The quantitative estimate of drug-likeness (QED) is 0.650. The van der Waals surface area contributed by atoms with Crippen molar-refractivity contribution >= 4 is 5.91 Å². The Bertz CT molecular complexity index is 213. The van der Waals surface area contributed by atoms with E-state index in [1.54, 1.807) is 7.11 Å². The normalized spacial score (nSPS) is 16.5. The van der Waals surface area contributed by atoms with Crippen LogP contribution in [-0.2, 0) is 9.53 Å². The first kappa shape index (κ1) is 12.5. The van der Waals surface area contributed by atoms with Crippen molar-refractivity contribution in [2.75, 3.05) is 26.8 Å². The number of amides is 1. The summed E-state index contributed by atoms with van der Waals surface area (Å²) in [5, 5.41) is 6.08. The molecule has 0 aromatic heterocycles. The minimum atomic E-state index is -0.147. The lowest BCUT2D eigenvalue weighted by atomic mass is 10.1. The molecule has 4 heteroatoms. The first-order valence-electron chi connectivity index (χ1n) is 5.54. The highest BCUT2D eigenvalue weighted by molar-refractivity contribution is 5.78. The van der Waals surface area contributed by atoms with Gasteiger partial charge in [-0.25, -0.2) is 0 Å². The summed E-state index contributed by atoms with van der Waals surface area (Å²) in [6.07, 6.45) is 2.53. The summed E-state index contributed by atoms with van der Waals surface area (Å²) >= 11 is 0. The maximum Gasteiger partial charge on any atom is 0.233 e. The second kappa shape index (κ2) is 5.47. The van der Waals surface area contributed by atoms with E-state index in [2.05, 4.69) is 10.6 Å². The third-order valence-electron chi connectivity index (χ3n) is 2.52. The van der Waals surface area contributed by atoms with Crippen LogP contribution < -0.4 is 10.6 Å². The van der Waals surface area contributed by atoms with E-state index in [4.69, 9.17) is 4.74 Å². The highest BCUT2D eigenvalue weighted by Gasteiger charge is 2.22. The summed E-state index contributed by atoms with van der Waals surface area (Å²) < 4.78 is 5.05. The molecule has 2 N–H and O–H groups in total. The molecule has 0 aliphatic heterocycles. The van der Waals surface area contributed by atoms with E-state index in [9.17, 15) is 4.79 Å². The number of methoxy groups -OCH3 is 1. The van der Waals surface area contributed by atoms with Gasteiger partial charge >= 0.3 is 0 Å². The zero-order valence-electron chi connectivity index (χ0n) is 9.93. The van der Waals surface area contributed by atoms with Crippen molar-refractivity contribution in [3.63, 3.8) is 0 Å². The zero-order chi connectivity index (χ0) is 11.3. The Hall–Kier alpha value is -0.610. The Morgan fingerprint density at radius 2 is 2.13 bits per heavy atom. The van der Waals surface area contributed by atoms with E-state index in [0.717, 1.165) is 12.5 Å². The van der Waals surface area contributed by atoms with Crippen LogP contribution >= 0.6 is 0 Å². The van der Waals surface area contributed by atoms with Gasteiger partial charge in [0.2, 0.25) is 5.91 Å². The van der Waals surface area contributed by atoms with Crippen LogP contribution in [0.15, 0.2) is 0 Å². The maximum atomic E-state index is 11.4. The van der Waals surface area contributed by atoms with Crippen molar-refractivity contribution in [1.82, 2.24) is 10.6 Å². The fourth-order valence-corrected chi connectivity index (χ4v) is 1.37. The minimum absolute atomic E-state index is 0.0751. The molecular weight excluding hydrogens is 192 g/mol. The molecule has 0 aromatic carbocycles. The summed E-state index contributed by atoms with van der Waals surface area (Å²) in [6.45, 7) is 5.84. The molecule has 1 aliphatic carbocycles. The third-order valence-corrected chi connectivity index (χ3v) is 2.52. The largest absolute Gasteiger partial charge is 0.383 e.